The lowest BCUT2D eigenvalue weighted by Gasteiger charge is -2.19. The van der Waals surface area contributed by atoms with Crippen LogP contribution in [0.2, 0.25) is 0 Å². The zero-order valence-electron chi connectivity index (χ0n) is 15.8. The summed E-state index contributed by atoms with van der Waals surface area (Å²) in [5, 5.41) is 12.0. The lowest BCUT2D eigenvalue weighted by Crippen LogP contribution is -2.28. The Bertz CT molecular complexity index is 766. The number of carboxylic acid groups (broad SMARTS) is 1. The molecule has 27 heavy (non-hydrogen) atoms. The van der Waals surface area contributed by atoms with Gasteiger partial charge in [0.1, 0.15) is 11.5 Å². The Morgan fingerprint density at radius 1 is 0.963 bits per heavy atom. The number of carbonyl (C=O) groups is 2. The Morgan fingerprint density at radius 2 is 1.52 bits per heavy atom. The van der Waals surface area contributed by atoms with Gasteiger partial charge in [0.25, 0.3) is 5.91 Å². The van der Waals surface area contributed by atoms with Crippen LogP contribution in [0.1, 0.15) is 32.8 Å². The summed E-state index contributed by atoms with van der Waals surface area (Å²) in [7, 11) is 0. The molecule has 2 aromatic rings. The zero-order valence-corrected chi connectivity index (χ0v) is 15.8. The molecule has 6 heteroatoms. The molecular weight excluding hydrogens is 346 g/mol. The predicted octanol–water partition coefficient (Wildman–Crippen LogP) is 3.86. The molecule has 0 bridgehead atoms. The highest BCUT2D eigenvalue weighted by atomic mass is 16.5. The largest absolute Gasteiger partial charge is 0.494 e. The highest BCUT2D eigenvalue weighted by Gasteiger charge is 2.29. The van der Waals surface area contributed by atoms with Gasteiger partial charge in [-0.25, -0.2) is 0 Å². The molecule has 0 unspecified atom stereocenters. The third kappa shape index (κ3) is 5.74. The van der Waals surface area contributed by atoms with Gasteiger partial charge in [0.15, 0.2) is 6.61 Å². The van der Waals surface area contributed by atoms with Crippen molar-refractivity contribution in [3.05, 3.63) is 54.1 Å². The van der Waals surface area contributed by atoms with E-state index in [4.69, 9.17) is 9.47 Å². The normalized spacial score (nSPS) is 10.9. The molecule has 2 aromatic carbocycles. The van der Waals surface area contributed by atoms with Crippen LogP contribution in [0.5, 0.6) is 11.5 Å². The van der Waals surface area contributed by atoms with Crippen molar-refractivity contribution >= 4 is 17.6 Å². The lowest BCUT2D eigenvalue weighted by molar-refractivity contribution is -0.142. The minimum atomic E-state index is -0.987. The van der Waals surface area contributed by atoms with Crippen molar-refractivity contribution in [1.82, 2.24) is 0 Å². The molecule has 1 amide bonds. The molecule has 2 N–H and O–H groups in total. The van der Waals surface area contributed by atoms with Crippen LogP contribution in [-0.2, 0) is 15.0 Å². The van der Waals surface area contributed by atoms with Gasteiger partial charge in [0.2, 0.25) is 0 Å². The van der Waals surface area contributed by atoms with Crippen molar-refractivity contribution in [3.63, 3.8) is 0 Å². The van der Waals surface area contributed by atoms with E-state index in [-0.39, 0.29) is 12.5 Å². The quantitative estimate of drug-likeness (QED) is 0.699. The molecule has 0 aliphatic rings. The molecule has 144 valence electrons. The van der Waals surface area contributed by atoms with E-state index in [1.165, 1.54) is 0 Å². The van der Waals surface area contributed by atoms with Gasteiger partial charge >= 0.3 is 5.97 Å². The molecule has 0 aromatic heterocycles. The Kier molecular flexibility index (Phi) is 6.82. The smallest absolute Gasteiger partial charge is 0.313 e. The number of amides is 1. The second-order valence-electron chi connectivity index (χ2n) is 6.66. The summed E-state index contributed by atoms with van der Waals surface area (Å²) in [4.78, 5) is 23.3. The number of carbonyl (C=O) groups excluding carboxylic acids is 1. The van der Waals surface area contributed by atoms with Gasteiger partial charge in [-0.05, 0) is 62.2 Å². The van der Waals surface area contributed by atoms with Crippen LogP contribution >= 0.6 is 0 Å². The maximum Gasteiger partial charge on any atom is 0.313 e. The first-order valence-corrected chi connectivity index (χ1v) is 8.82. The first-order chi connectivity index (χ1) is 12.8. The standard InChI is InChI=1S/C21H25NO5/c1-4-13-26-17-9-11-18(12-10-17)27-14-19(23)22-16-7-5-15(6-8-16)21(2,3)20(24)25/h5-12H,4,13-14H2,1-3H3,(H,22,23)(H,24,25). The first-order valence-electron chi connectivity index (χ1n) is 8.82. The second kappa shape index (κ2) is 9.07. The van der Waals surface area contributed by atoms with E-state index in [1.54, 1.807) is 62.4 Å². The maximum atomic E-state index is 12.0. The van der Waals surface area contributed by atoms with Crippen LogP contribution in [0.3, 0.4) is 0 Å². The SMILES string of the molecule is CCCOc1ccc(OCC(=O)Nc2ccc(C(C)(C)C(=O)O)cc2)cc1. The number of nitrogens with one attached hydrogen (secondary N) is 1. The lowest BCUT2D eigenvalue weighted by atomic mass is 9.85. The predicted molar refractivity (Wildman–Crippen MR) is 103 cm³/mol. The summed E-state index contributed by atoms with van der Waals surface area (Å²) >= 11 is 0. The third-order valence-corrected chi connectivity index (χ3v) is 4.09. The zero-order chi connectivity index (χ0) is 19.9. The van der Waals surface area contributed by atoms with E-state index in [0.29, 0.717) is 23.6 Å². The van der Waals surface area contributed by atoms with Gasteiger partial charge in [-0.1, -0.05) is 19.1 Å². The van der Waals surface area contributed by atoms with E-state index in [1.807, 2.05) is 6.92 Å². The van der Waals surface area contributed by atoms with Crippen molar-refractivity contribution < 1.29 is 24.2 Å². The van der Waals surface area contributed by atoms with Crippen molar-refractivity contribution in [3.8, 4) is 11.5 Å². The molecule has 0 radical (unpaired) electrons. The van der Waals surface area contributed by atoms with Crippen molar-refractivity contribution in [2.24, 2.45) is 0 Å². The highest BCUT2D eigenvalue weighted by molar-refractivity contribution is 5.92. The minimum Gasteiger partial charge on any atom is -0.494 e. The van der Waals surface area contributed by atoms with Crippen LogP contribution in [0.25, 0.3) is 0 Å². The van der Waals surface area contributed by atoms with Crippen LogP contribution in [0.4, 0.5) is 5.69 Å². The monoisotopic (exact) mass is 371 g/mol. The number of hydrogen-bond acceptors (Lipinski definition) is 4. The van der Waals surface area contributed by atoms with Crippen molar-refractivity contribution in [2.45, 2.75) is 32.6 Å². The van der Waals surface area contributed by atoms with Gasteiger partial charge in [-0.15, -0.1) is 0 Å². The minimum absolute atomic E-state index is 0.127. The molecular formula is C21H25NO5. The molecule has 0 atom stereocenters. The Labute approximate surface area is 159 Å². The first kappa shape index (κ1) is 20.3. The summed E-state index contributed by atoms with van der Waals surface area (Å²) in [5.41, 5.74) is 0.255. The van der Waals surface area contributed by atoms with Gasteiger partial charge in [-0.3, -0.25) is 9.59 Å². The topological polar surface area (TPSA) is 84.9 Å². The van der Waals surface area contributed by atoms with Crippen LogP contribution in [0.15, 0.2) is 48.5 Å². The van der Waals surface area contributed by atoms with E-state index in [0.717, 1.165) is 12.2 Å². The fourth-order valence-electron chi connectivity index (χ4n) is 2.29. The van der Waals surface area contributed by atoms with Crippen molar-refractivity contribution in [1.29, 1.82) is 0 Å². The van der Waals surface area contributed by atoms with Crippen LogP contribution in [0, 0.1) is 0 Å². The summed E-state index contributed by atoms with van der Waals surface area (Å²) in [6, 6.07) is 13.8. The molecule has 0 heterocycles. The molecule has 0 aliphatic heterocycles. The Hall–Kier alpha value is -3.02. The molecule has 2 rings (SSSR count). The van der Waals surface area contributed by atoms with Crippen LogP contribution in [-0.4, -0.2) is 30.2 Å². The van der Waals surface area contributed by atoms with E-state index in [9.17, 15) is 14.7 Å². The fraction of sp³-hybridized carbons (Fsp3) is 0.333. The molecule has 6 nitrogen and oxygen atoms in total. The average Bonchev–Trinajstić information content (AvgIpc) is 2.66. The van der Waals surface area contributed by atoms with E-state index >= 15 is 0 Å². The second-order valence-corrected chi connectivity index (χ2v) is 6.66. The highest BCUT2D eigenvalue weighted by Crippen LogP contribution is 2.25. The fourth-order valence-corrected chi connectivity index (χ4v) is 2.29. The summed E-state index contributed by atoms with van der Waals surface area (Å²) < 4.78 is 11.0. The molecule has 0 spiro atoms. The molecule has 0 aliphatic carbocycles. The number of rotatable bonds is 9. The Morgan fingerprint density at radius 3 is 2.04 bits per heavy atom. The number of benzene rings is 2. The summed E-state index contributed by atoms with van der Waals surface area (Å²) in [6.45, 7) is 5.84. The number of hydrogen-bond donors (Lipinski definition) is 2. The molecule has 0 saturated heterocycles. The third-order valence-electron chi connectivity index (χ3n) is 4.09. The number of anilines is 1. The summed E-state index contributed by atoms with van der Waals surface area (Å²) in [5.74, 6) is 0.135. The average molecular weight is 371 g/mol. The van der Waals surface area contributed by atoms with Gasteiger partial charge in [0.05, 0.1) is 12.0 Å². The number of carboxylic acids is 1. The van der Waals surface area contributed by atoms with E-state index in [2.05, 4.69) is 5.32 Å². The molecule has 0 saturated carbocycles. The van der Waals surface area contributed by atoms with Crippen LogP contribution < -0.4 is 14.8 Å². The summed E-state index contributed by atoms with van der Waals surface area (Å²) in [6.07, 6.45) is 0.938. The number of aliphatic carboxylic acids is 1. The molecule has 0 fully saturated rings. The van der Waals surface area contributed by atoms with Crippen molar-refractivity contribution in [2.75, 3.05) is 18.5 Å². The van der Waals surface area contributed by atoms with Gasteiger partial charge in [0, 0.05) is 5.69 Å². The maximum absolute atomic E-state index is 12.0. The van der Waals surface area contributed by atoms with Gasteiger partial charge in [-0.2, -0.15) is 0 Å². The Balaban J connectivity index is 1.86. The van der Waals surface area contributed by atoms with E-state index < -0.39 is 11.4 Å². The van der Waals surface area contributed by atoms with Gasteiger partial charge < -0.3 is 19.9 Å². The number of ether oxygens (including phenoxy) is 2.